The fraction of sp³-hybridized carbons (Fsp3) is 0.238. The lowest BCUT2D eigenvalue weighted by Crippen LogP contribution is -2.33. The number of carbonyl (C=O) groups is 3. The van der Waals surface area contributed by atoms with Gasteiger partial charge in [0.15, 0.2) is 6.61 Å². The van der Waals surface area contributed by atoms with Gasteiger partial charge in [0.1, 0.15) is 5.75 Å². The molecule has 0 aliphatic heterocycles. The number of carboxylic acids is 1. The van der Waals surface area contributed by atoms with Crippen molar-refractivity contribution in [3.63, 3.8) is 0 Å². The van der Waals surface area contributed by atoms with Crippen LogP contribution in [0, 0.1) is 0 Å². The Bertz CT molecular complexity index is 868. The minimum absolute atomic E-state index is 0.0257. The molecular formula is C21H23N3O6. The lowest BCUT2D eigenvalue weighted by molar-refractivity contribution is -0.139. The number of carboxylic acid groups (broad SMARTS) is 1. The number of aliphatic carboxylic acids is 1. The van der Waals surface area contributed by atoms with Gasteiger partial charge >= 0.3 is 12.1 Å². The van der Waals surface area contributed by atoms with Gasteiger partial charge in [0, 0.05) is 0 Å². The molecule has 0 radical (unpaired) electrons. The average molecular weight is 413 g/mol. The number of hydrogen-bond donors (Lipinski definition) is 3. The molecule has 0 unspecified atom stereocenters. The summed E-state index contributed by atoms with van der Waals surface area (Å²) in [6, 6.07) is 15.1. The van der Waals surface area contributed by atoms with E-state index in [4.69, 9.17) is 14.6 Å². The van der Waals surface area contributed by atoms with Gasteiger partial charge in [0.2, 0.25) is 5.91 Å². The molecule has 2 rings (SSSR count). The summed E-state index contributed by atoms with van der Waals surface area (Å²) in [4.78, 5) is 34.5. The van der Waals surface area contributed by atoms with Gasteiger partial charge < -0.3 is 19.9 Å². The number of nitrogens with zero attached hydrogens (tertiary/aromatic N) is 1. The molecule has 2 amide bonds. The molecule has 0 spiro atoms. The second-order valence-corrected chi connectivity index (χ2v) is 6.08. The van der Waals surface area contributed by atoms with Crippen molar-refractivity contribution in [2.24, 2.45) is 5.10 Å². The van der Waals surface area contributed by atoms with E-state index in [9.17, 15) is 14.4 Å². The van der Waals surface area contributed by atoms with Crippen molar-refractivity contribution >= 4 is 24.2 Å². The first kappa shape index (κ1) is 22.4. The molecule has 0 bridgehead atoms. The molecule has 0 fully saturated rings. The summed E-state index contributed by atoms with van der Waals surface area (Å²) < 4.78 is 9.94. The number of amides is 2. The summed E-state index contributed by atoms with van der Waals surface area (Å²) in [5.74, 6) is -1.04. The third-order valence-corrected chi connectivity index (χ3v) is 3.80. The Morgan fingerprint density at radius 2 is 1.80 bits per heavy atom. The van der Waals surface area contributed by atoms with Gasteiger partial charge in [-0.3, -0.25) is 4.79 Å². The molecule has 0 aliphatic carbocycles. The molecular weight excluding hydrogens is 390 g/mol. The van der Waals surface area contributed by atoms with Crippen molar-refractivity contribution in [1.82, 2.24) is 10.7 Å². The van der Waals surface area contributed by atoms with Crippen molar-refractivity contribution in [2.75, 3.05) is 13.2 Å². The molecule has 0 aromatic heterocycles. The Kier molecular flexibility index (Phi) is 8.85. The van der Waals surface area contributed by atoms with E-state index in [1.807, 2.05) is 18.2 Å². The van der Waals surface area contributed by atoms with Crippen LogP contribution in [0.4, 0.5) is 4.79 Å². The minimum atomic E-state index is -1.06. The largest absolute Gasteiger partial charge is 0.482 e. The van der Waals surface area contributed by atoms with E-state index < -0.39 is 30.6 Å². The van der Waals surface area contributed by atoms with E-state index in [2.05, 4.69) is 15.8 Å². The number of ether oxygens (including phenoxy) is 2. The molecule has 9 nitrogen and oxygen atoms in total. The number of rotatable bonds is 10. The number of alkyl carbamates (subject to hydrolysis) is 1. The van der Waals surface area contributed by atoms with Crippen LogP contribution in [0.3, 0.4) is 0 Å². The number of benzene rings is 2. The Morgan fingerprint density at radius 1 is 1.10 bits per heavy atom. The van der Waals surface area contributed by atoms with Crippen molar-refractivity contribution in [3.8, 4) is 5.75 Å². The topological polar surface area (TPSA) is 126 Å². The standard InChI is InChI=1S/C21H23N3O6/c1-2-29-21(28)23-18(16-6-4-3-5-7-16)12-19(25)24-22-13-15-8-10-17(11-9-15)30-14-20(26)27/h3-11,13,18H,2,12,14H2,1H3,(H,23,28)(H,24,25)(H,26,27)/b22-13-/t18-/m0/s1. The van der Waals surface area contributed by atoms with Gasteiger partial charge in [-0.1, -0.05) is 30.3 Å². The highest BCUT2D eigenvalue weighted by molar-refractivity contribution is 5.83. The normalized spacial score (nSPS) is 11.5. The highest BCUT2D eigenvalue weighted by Crippen LogP contribution is 2.17. The van der Waals surface area contributed by atoms with Gasteiger partial charge in [0.25, 0.3) is 0 Å². The van der Waals surface area contributed by atoms with Gasteiger partial charge in [-0.25, -0.2) is 15.0 Å². The molecule has 0 aliphatic rings. The highest BCUT2D eigenvalue weighted by atomic mass is 16.5. The lowest BCUT2D eigenvalue weighted by Gasteiger charge is -2.18. The molecule has 2 aromatic carbocycles. The maximum atomic E-state index is 12.3. The van der Waals surface area contributed by atoms with Crippen LogP contribution in [0.1, 0.15) is 30.5 Å². The van der Waals surface area contributed by atoms with E-state index in [0.29, 0.717) is 11.3 Å². The fourth-order valence-electron chi connectivity index (χ4n) is 2.46. The van der Waals surface area contributed by atoms with E-state index in [1.54, 1.807) is 43.3 Å². The maximum Gasteiger partial charge on any atom is 0.407 e. The molecule has 3 N–H and O–H groups in total. The predicted molar refractivity (Wildman–Crippen MR) is 109 cm³/mol. The third kappa shape index (κ3) is 8.01. The van der Waals surface area contributed by atoms with E-state index in [-0.39, 0.29) is 13.0 Å². The van der Waals surface area contributed by atoms with Gasteiger partial charge in [0.05, 0.1) is 25.3 Å². The monoisotopic (exact) mass is 413 g/mol. The summed E-state index contributed by atoms with van der Waals surface area (Å²) in [5.41, 5.74) is 3.87. The molecule has 2 aromatic rings. The van der Waals surface area contributed by atoms with Gasteiger partial charge in [-0.2, -0.15) is 5.10 Å². The number of hydrazone groups is 1. The second-order valence-electron chi connectivity index (χ2n) is 6.08. The van der Waals surface area contributed by atoms with Crippen LogP contribution < -0.4 is 15.5 Å². The Balaban J connectivity index is 1.91. The highest BCUT2D eigenvalue weighted by Gasteiger charge is 2.18. The summed E-state index contributed by atoms with van der Waals surface area (Å²) in [6.07, 6.45) is 0.810. The molecule has 0 heterocycles. The molecule has 1 atom stereocenters. The maximum absolute atomic E-state index is 12.3. The van der Waals surface area contributed by atoms with E-state index in [1.165, 1.54) is 6.21 Å². The number of carbonyl (C=O) groups excluding carboxylic acids is 2. The smallest absolute Gasteiger partial charge is 0.407 e. The van der Waals surface area contributed by atoms with E-state index in [0.717, 1.165) is 5.56 Å². The van der Waals surface area contributed by atoms with Crippen molar-refractivity contribution < 1.29 is 29.0 Å². The van der Waals surface area contributed by atoms with Crippen LogP contribution in [0.25, 0.3) is 0 Å². The third-order valence-electron chi connectivity index (χ3n) is 3.80. The first-order valence-corrected chi connectivity index (χ1v) is 9.22. The zero-order valence-corrected chi connectivity index (χ0v) is 16.4. The van der Waals surface area contributed by atoms with Crippen LogP contribution >= 0.6 is 0 Å². The second kappa shape index (κ2) is 11.8. The van der Waals surface area contributed by atoms with Crippen LogP contribution in [-0.2, 0) is 14.3 Å². The Morgan fingerprint density at radius 3 is 2.43 bits per heavy atom. The SMILES string of the molecule is CCOC(=O)N[C@@H](CC(=O)N/N=C\c1ccc(OCC(=O)O)cc1)c1ccccc1. The Labute approximate surface area is 173 Å². The lowest BCUT2D eigenvalue weighted by atomic mass is 10.0. The predicted octanol–water partition coefficient (Wildman–Crippen LogP) is 2.48. The molecule has 0 saturated heterocycles. The molecule has 158 valence electrons. The van der Waals surface area contributed by atoms with Crippen LogP contribution in [0.15, 0.2) is 59.7 Å². The zero-order chi connectivity index (χ0) is 21.8. The molecule has 30 heavy (non-hydrogen) atoms. The van der Waals surface area contributed by atoms with Crippen molar-refractivity contribution in [3.05, 3.63) is 65.7 Å². The summed E-state index contributed by atoms with van der Waals surface area (Å²) in [6.45, 7) is 1.50. The fourth-order valence-corrected chi connectivity index (χ4v) is 2.46. The van der Waals surface area contributed by atoms with Crippen LogP contribution in [0.2, 0.25) is 0 Å². The zero-order valence-electron chi connectivity index (χ0n) is 16.4. The van der Waals surface area contributed by atoms with Crippen LogP contribution in [0.5, 0.6) is 5.75 Å². The number of nitrogens with one attached hydrogen (secondary N) is 2. The van der Waals surface area contributed by atoms with Gasteiger partial charge in [-0.15, -0.1) is 0 Å². The number of hydrogen-bond acceptors (Lipinski definition) is 6. The summed E-state index contributed by atoms with van der Waals surface area (Å²) in [7, 11) is 0. The van der Waals surface area contributed by atoms with Crippen molar-refractivity contribution in [2.45, 2.75) is 19.4 Å². The van der Waals surface area contributed by atoms with Gasteiger partial charge in [-0.05, 0) is 42.3 Å². The first-order valence-electron chi connectivity index (χ1n) is 9.22. The first-order chi connectivity index (χ1) is 14.5. The van der Waals surface area contributed by atoms with E-state index >= 15 is 0 Å². The summed E-state index contributed by atoms with van der Waals surface area (Å²) in [5, 5.41) is 15.2. The minimum Gasteiger partial charge on any atom is -0.482 e. The summed E-state index contributed by atoms with van der Waals surface area (Å²) >= 11 is 0. The van der Waals surface area contributed by atoms with Crippen LogP contribution in [-0.4, -0.2) is 42.5 Å². The molecule has 9 heteroatoms. The average Bonchev–Trinajstić information content (AvgIpc) is 2.73. The Hall–Kier alpha value is -3.88. The quantitative estimate of drug-likeness (QED) is 0.406. The molecule has 0 saturated carbocycles. The van der Waals surface area contributed by atoms with Crippen molar-refractivity contribution in [1.29, 1.82) is 0 Å².